The van der Waals surface area contributed by atoms with E-state index in [1.807, 2.05) is 0 Å². The van der Waals surface area contributed by atoms with Gasteiger partial charge in [-0.3, -0.25) is 19.8 Å². The third-order valence-corrected chi connectivity index (χ3v) is 7.86. The summed E-state index contributed by atoms with van der Waals surface area (Å²) in [6.45, 7) is 5.28. The Bertz CT molecular complexity index is 1470. The van der Waals surface area contributed by atoms with Crippen LogP contribution in [0.1, 0.15) is 48.5 Å². The van der Waals surface area contributed by atoms with Crippen LogP contribution in [0.4, 0.5) is 10.1 Å². The molecule has 0 amide bonds. The van der Waals surface area contributed by atoms with Crippen molar-refractivity contribution in [2.24, 2.45) is 5.92 Å². The lowest BCUT2D eigenvalue weighted by Gasteiger charge is -2.32. The van der Waals surface area contributed by atoms with Gasteiger partial charge in [0.2, 0.25) is 0 Å². The Hall–Kier alpha value is -4.13. The summed E-state index contributed by atoms with van der Waals surface area (Å²) < 4.78 is 29.3. The lowest BCUT2D eigenvalue weighted by molar-refractivity contribution is -0.384. The Labute approximate surface area is 267 Å². The number of nitro benzene ring substituents is 1. The molecule has 13 heteroatoms. The second-order valence-corrected chi connectivity index (χ2v) is 10.7. The van der Waals surface area contributed by atoms with E-state index in [9.17, 15) is 28.9 Å². The van der Waals surface area contributed by atoms with E-state index >= 15 is 0 Å². The molecule has 4 rings (SSSR count). The van der Waals surface area contributed by atoms with Crippen molar-refractivity contribution in [1.82, 2.24) is 10.2 Å². The zero-order valence-corrected chi connectivity index (χ0v) is 26.2. The molecule has 1 fully saturated rings. The van der Waals surface area contributed by atoms with Gasteiger partial charge < -0.3 is 19.5 Å². The van der Waals surface area contributed by atoms with Crippen molar-refractivity contribution in [3.05, 3.63) is 98.1 Å². The number of benzene rings is 2. The molecule has 1 saturated heterocycles. The molecule has 2 aromatic rings. The topological polar surface area (TPSA) is 137 Å². The molecule has 45 heavy (non-hydrogen) atoms. The van der Waals surface area contributed by atoms with Crippen LogP contribution >= 0.6 is 12.4 Å². The third-order valence-electron chi connectivity index (χ3n) is 7.86. The van der Waals surface area contributed by atoms with Crippen molar-refractivity contribution in [3.8, 4) is 0 Å². The van der Waals surface area contributed by atoms with Crippen molar-refractivity contribution in [1.29, 1.82) is 0 Å². The fourth-order valence-corrected chi connectivity index (χ4v) is 5.60. The molecular formula is C32H37ClFN3O8. The van der Waals surface area contributed by atoms with Crippen LogP contribution in [0.5, 0.6) is 0 Å². The molecular weight excluding hydrogens is 609 g/mol. The summed E-state index contributed by atoms with van der Waals surface area (Å²) in [7, 11) is 1.47. The molecule has 2 aliphatic rings. The molecule has 11 nitrogen and oxygen atoms in total. The average Bonchev–Trinajstić information content (AvgIpc) is 3.01. The van der Waals surface area contributed by atoms with Crippen LogP contribution in [0.3, 0.4) is 0 Å². The number of carbonyl (C=O) groups excluding carboxylic acids is 3. The summed E-state index contributed by atoms with van der Waals surface area (Å²) in [5.74, 6) is -2.86. The Morgan fingerprint density at radius 2 is 1.56 bits per heavy atom. The largest absolute Gasteiger partial charge is 0.461 e. The molecule has 0 saturated carbocycles. The van der Waals surface area contributed by atoms with Crippen LogP contribution in [0, 0.1) is 21.8 Å². The summed E-state index contributed by atoms with van der Waals surface area (Å²) in [6.07, 6.45) is 1.26. The van der Waals surface area contributed by atoms with Gasteiger partial charge in [0.25, 0.3) is 5.69 Å². The lowest BCUT2D eigenvalue weighted by atomic mass is 9.80. The SMILES string of the molecule is COCCOC(=O)C1=C(C)NC(C)=C(C(=O)OCCN2CCC(C(=O)c3ccc(F)cc3)CC2)C1c1cccc([N+](=O)[O-])c1.Cl. The van der Waals surface area contributed by atoms with Gasteiger partial charge in [0, 0.05) is 48.7 Å². The van der Waals surface area contributed by atoms with E-state index in [-0.39, 0.29) is 66.6 Å². The smallest absolute Gasteiger partial charge is 0.336 e. The maximum absolute atomic E-state index is 13.6. The predicted molar refractivity (Wildman–Crippen MR) is 165 cm³/mol. The molecule has 0 aliphatic carbocycles. The van der Waals surface area contributed by atoms with Crippen molar-refractivity contribution >= 4 is 35.8 Å². The van der Waals surface area contributed by atoms with Crippen molar-refractivity contribution in [2.75, 3.05) is 46.6 Å². The van der Waals surface area contributed by atoms with Crippen molar-refractivity contribution in [2.45, 2.75) is 32.6 Å². The second-order valence-electron chi connectivity index (χ2n) is 10.7. The van der Waals surface area contributed by atoms with Gasteiger partial charge in [0.1, 0.15) is 19.0 Å². The Balaban J connectivity index is 0.00000552. The van der Waals surface area contributed by atoms with Crippen LogP contribution in [-0.4, -0.2) is 74.1 Å². The van der Waals surface area contributed by atoms with Gasteiger partial charge in [-0.15, -0.1) is 12.4 Å². The summed E-state index contributed by atoms with van der Waals surface area (Å²) in [5.41, 5.74) is 1.89. The van der Waals surface area contributed by atoms with E-state index in [1.165, 1.54) is 49.6 Å². The first-order valence-electron chi connectivity index (χ1n) is 14.4. The number of dihydropyridines is 1. The highest BCUT2D eigenvalue weighted by Crippen LogP contribution is 2.40. The second kappa shape index (κ2) is 16.3. The molecule has 2 aliphatic heterocycles. The van der Waals surface area contributed by atoms with Crippen LogP contribution in [0.25, 0.3) is 0 Å². The number of esters is 2. The minimum absolute atomic E-state index is 0. The predicted octanol–water partition coefficient (Wildman–Crippen LogP) is 4.72. The van der Waals surface area contributed by atoms with E-state index in [4.69, 9.17) is 14.2 Å². The number of hydrogen-bond donors (Lipinski definition) is 1. The molecule has 242 valence electrons. The number of methoxy groups -OCH3 is 1. The van der Waals surface area contributed by atoms with Gasteiger partial charge >= 0.3 is 11.9 Å². The molecule has 0 bridgehead atoms. The van der Waals surface area contributed by atoms with Crippen molar-refractivity contribution < 1.29 is 37.9 Å². The number of nitrogens with one attached hydrogen (secondary N) is 1. The maximum atomic E-state index is 13.6. The maximum Gasteiger partial charge on any atom is 0.336 e. The monoisotopic (exact) mass is 645 g/mol. The number of nitrogens with zero attached hydrogens (tertiary/aromatic N) is 2. The number of likely N-dealkylation sites (tertiary alicyclic amines) is 1. The van der Waals surface area contributed by atoms with Gasteiger partial charge in [0.15, 0.2) is 5.78 Å². The van der Waals surface area contributed by atoms with E-state index in [2.05, 4.69) is 10.2 Å². The number of ketones is 1. The number of hydrogen-bond acceptors (Lipinski definition) is 10. The first-order chi connectivity index (χ1) is 21.1. The van der Waals surface area contributed by atoms with Crippen LogP contribution in [0.2, 0.25) is 0 Å². The fourth-order valence-electron chi connectivity index (χ4n) is 5.60. The number of non-ortho nitro benzene ring substituents is 1. The van der Waals surface area contributed by atoms with Gasteiger partial charge in [0.05, 0.1) is 28.6 Å². The molecule has 2 heterocycles. The van der Waals surface area contributed by atoms with Crippen LogP contribution in [-0.2, 0) is 23.8 Å². The Kier molecular flexibility index (Phi) is 12.8. The van der Waals surface area contributed by atoms with E-state index in [1.54, 1.807) is 19.9 Å². The molecule has 0 radical (unpaired) electrons. The van der Waals surface area contributed by atoms with Crippen LogP contribution in [0.15, 0.2) is 71.1 Å². The first-order valence-corrected chi connectivity index (χ1v) is 14.4. The number of ether oxygens (including phenoxy) is 3. The summed E-state index contributed by atoms with van der Waals surface area (Å²) >= 11 is 0. The summed E-state index contributed by atoms with van der Waals surface area (Å²) in [5, 5.41) is 14.6. The minimum Gasteiger partial charge on any atom is -0.461 e. The normalized spacial score (nSPS) is 17.3. The fraction of sp³-hybridized carbons (Fsp3) is 0.406. The number of piperidine rings is 1. The van der Waals surface area contributed by atoms with Gasteiger partial charge in [-0.1, -0.05) is 12.1 Å². The first kappa shape index (κ1) is 35.4. The summed E-state index contributed by atoms with van der Waals surface area (Å²) in [6, 6.07) is 11.4. The van der Waals surface area contributed by atoms with E-state index in [0.717, 1.165) is 0 Å². The van der Waals surface area contributed by atoms with Gasteiger partial charge in [-0.05, 0) is 69.6 Å². The molecule has 1 N–H and O–H groups in total. The zero-order chi connectivity index (χ0) is 31.8. The number of Topliss-reactive ketones (excluding diaryl/α,β-unsaturated/α-hetero) is 1. The minimum atomic E-state index is -0.966. The van der Waals surface area contributed by atoms with Crippen molar-refractivity contribution in [3.63, 3.8) is 0 Å². The highest BCUT2D eigenvalue weighted by molar-refractivity contribution is 6.00. The van der Waals surface area contributed by atoms with Gasteiger partial charge in [-0.25, -0.2) is 14.0 Å². The third kappa shape index (κ3) is 8.74. The number of halogens is 2. The highest BCUT2D eigenvalue weighted by Gasteiger charge is 2.38. The van der Waals surface area contributed by atoms with E-state index < -0.39 is 22.8 Å². The number of rotatable bonds is 12. The molecule has 1 unspecified atom stereocenters. The van der Waals surface area contributed by atoms with E-state index in [0.29, 0.717) is 55.0 Å². The summed E-state index contributed by atoms with van der Waals surface area (Å²) in [4.78, 5) is 52.7. The number of allylic oxidation sites excluding steroid dienone is 2. The molecule has 0 aromatic heterocycles. The Morgan fingerprint density at radius 3 is 2.13 bits per heavy atom. The molecule has 2 aromatic carbocycles. The molecule has 0 spiro atoms. The average molecular weight is 646 g/mol. The Morgan fingerprint density at radius 1 is 0.956 bits per heavy atom. The number of carbonyl (C=O) groups is 3. The van der Waals surface area contributed by atoms with Gasteiger partial charge in [-0.2, -0.15) is 0 Å². The van der Waals surface area contributed by atoms with Crippen LogP contribution < -0.4 is 5.32 Å². The quantitative estimate of drug-likeness (QED) is 0.113. The standard InChI is InChI=1S/C32H36FN3O8.ClH/c1-20-27(31(38)43-16-15-35-13-11-23(12-14-35)30(37)22-7-9-25(33)10-8-22)29(24-5-4-6-26(19-24)36(40)41)28(21(2)34-20)32(39)44-18-17-42-3;/h4-10,19,23,29,34H,11-18H2,1-3H3;1H. The molecule has 1 atom stereocenters. The highest BCUT2D eigenvalue weighted by atomic mass is 35.5. The lowest BCUT2D eigenvalue weighted by Crippen LogP contribution is -2.39. The number of nitro groups is 1. The zero-order valence-electron chi connectivity index (χ0n) is 25.4.